The number of nitrogens with zero attached hydrogens (tertiary/aromatic N) is 1. The van der Waals surface area contributed by atoms with Gasteiger partial charge in [-0.3, -0.25) is 14.4 Å². The molecule has 0 aliphatic rings. The van der Waals surface area contributed by atoms with E-state index in [1.165, 1.54) is 6.92 Å². The molecule has 0 aromatic carbocycles. The van der Waals surface area contributed by atoms with Crippen LogP contribution in [0, 0.1) is 0 Å². The summed E-state index contributed by atoms with van der Waals surface area (Å²) < 4.78 is 0. The largest absolute Gasteiger partial charge is 0.480 e. The average Bonchev–Trinajstić information content (AvgIpc) is 2.18. The van der Waals surface area contributed by atoms with Crippen LogP contribution < -0.4 is 10.9 Å². The maximum atomic E-state index is 11.3. The van der Waals surface area contributed by atoms with Gasteiger partial charge in [0.15, 0.2) is 0 Å². The van der Waals surface area contributed by atoms with Crippen LogP contribution in [-0.4, -0.2) is 33.0 Å². The van der Waals surface area contributed by atoms with Crippen LogP contribution in [0.1, 0.15) is 17.4 Å². The van der Waals surface area contributed by atoms with Crippen molar-refractivity contribution in [3.05, 3.63) is 28.4 Å². The Bertz CT molecular complexity index is 419. The molecular weight excluding hydrogens is 202 g/mol. The molecular formula is C8H9N3O4. The van der Waals surface area contributed by atoms with E-state index >= 15 is 0 Å². The van der Waals surface area contributed by atoms with E-state index in [9.17, 15) is 14.4 Å². The maximum Gasteiger partial charge on any atom is 0.325 e. The zero-order valence-electron chi connectivity index (χ0n) is 7.85. The summed E-state index contributed by atoms with van der Waals surface area (Å²) in [7, 11) is 0. The molecule has 0 aliphatic heterocycles. The summed E-state index contributed by atoms with van der Waals surface area (Å²) in [6.45, 7) is 1.33. The van der Waals surface area contributed by atoms with Gasteiger partial charge in [-0.2, -0.15) is 0 Å². The standard InChI is InChI=1S/C8H9N3O4/c1-4(8(14)15)11-7(13)5-2-10-6(12)3-9-5/h2-4H,1H3,(H,10,12)(H,11,13)(H,14,15). The van der Waals surface area contributed by atoms with Crippen molar-refractivity contribution >= 4 is 11.9 Å². The number of hydrogen-bond acceptors (Lipinski definition) is 4. The van der Waals surface area contributed by atoms with E-state index in [0.29, 0.717) is 0 Å². The minimum Gasteiger partial charge on any atom is -0.480 e. The molecule has 1 aromatic heterocycles. The van der Waals surface area contributed by atoms with Crippen molar-refractivity contribution in [3.63, 3.8) is 0 Å². The second-order valence-electron chi connectivity index (χ2n) is 2.83. The second kappa shape index (κ2) is 4.36. The first-order valence-electron chi connectivity index (χ1n) is 4.09. The molecule has 1 atom stereocenters. The Morgan fingerprint density at radius 2 is 2.27 bits per heavy atom. The number of aromatic nitrogens is 2. The quantitative estimate of drug-likeness (QED) is 0.592. The fraction of sp³-hybridized carbons (Fsp3) is 0.250. The molecule has 0 spiro atoms. The number of carbonyl (C=O) groups is 2. The first-order valence-corrected chi connectivity index (χ1v) is 4.09. The van der Waals surface area contributed by atoms with Crippen molar-refractivity contribution in [2.75, 3.05) is 0 Å². The molecule has 80 valence electrons. The SMILES string of the molecule is CC(NC(=O)c1c[nH]c(=O)cn1)C(=O)O. The summed E-state index contributed by atoms with van der Waals surface area (Å²) in [6, 6.07) is -1.01. The monoisotopic (exact) mass is 211 g/mol. The van der Waals surface area contributed by atoms with Crippen LogP contribution in [-0.2, 0) is 4.79 Å². The van der Waals surface area contributed by atoms with Crippen molar-refractivity contribution in [1.82, 2.24) is 15.3 Å². The van der Waals surface area contributed by atoms with Gasteiger partial charge in [-0.15, -0.1) is 0 Å². The van der Waals surface area contributed by atoms with Crippen LogP contribution in [0.5, 0.6) is 0 Å². The lowest BCUT2D eigenvalue weighted by molar-refractivity contribution is -0.138. The number of aliphatic carboxylic acids is 1. The van der Waals surface area contributed by atoms with Gasteiger partial charge in [-0.25, -0.2) is 4.98 Å². The van der Waals surface area contributed by atoms with Gasteiger partial charge in [0, 0.05) is 6.20 Å². The fourth-order valence-corrected chi connectivity index (χ4v) is 0.799. The van der Waals surface area contributed by atoms with Gasteiger partial charge in [-0.05, 0) is 6.92 Å². The summed E-state index contributed by atoms with van der Waals surface area (Å²) in [4.78, 5) is 38.2. The normalized spacial score (nSPS) is 11.8. The number of nitrogens with one attached hydrogen (secondary N) is 2. The Balaban J connectivity index is 2.73. The Morgan fingerprint density at radius 1 is 1.60 bits per heavy atom. The first kappa shape index (κ1) is 10.9. The lowest BCUT2D eigenvalue weighted by Crippen LogP contribution is -2.38. The van der Waals surface area contributed by atoms with Gasteiger partial charge in [0.05, 0.1) is 6.20 Å². The van der Waals surface area contributed by atoms with E-state index in [1.807, 2.05) is 0 Å². The third kappa shape index (κ3) is 2.90. The Morgan fingerprint density at radius 3 is 2.73 bits per heavy atom. The molecule has 0 fully saturated rings. The van der Waals surface area contributed by atoms with Crippen molar-refractivity contribution in [2.45, 2.75) is 13.0 Å². The van der Waals surface area contributed by atoms with Gasteiger partial charge in [0.2, 0.25) is 0 Å². The third-order valence-electron chi connectivity index (χ3n) is 1.62. The number of amides is 1. The van der Waals surface area contributed by atoms with Gasteiger partial charge >= 0.3 is 5.97 Å². The van der Waals surface area contributed by atoms with Gasteiger partial charge in [-0.1, -0.05) is 0 Å². The van der Waals surface area contributed by atoms with Gasteiger partial charge in [0.25, 0.3) is 11.5 Å². The number of aromatic amines is 1. The van der Waals surface area contributed by atoms with Crippen LogP contribution in [0.2, 0.25) is 0 Å². The molecule has 15 heavy (non-hydrogen) atoms. The van der Waals surface area contributed by atoms with Crippen molar-refractivity contribution in [1.29, 1.82) is 0 Å². The number of hydrogen-bond donors (Lipinski definition) is 3. The number of carbonyl (C=O) groups excluding carboxylic acids is 1. The van der Waals surface area contributed by atoms with Crippen molar-refractivity contribution in [2.24, 2.45) is 0 Å². The van der Waals surface area contributed by atoms with E-state index in [0.717, 1.165) is 12.4 Å². The molecule has 7 nitrogen and oxygen atoms in total. The lowest BCUT2D eigenvalue weighted by atomic mass is 10.3. The molecule has 0 bridgehead atoms. The van der Waals surface area contributed by atoms with Gasteiger partial charge in [0.1, 0.15) is 11.7 Å². The number of rotatable bonds is 3. The molecule has 0 radical (unpaired) electrons. The third-order valence-corrected chi connectivity index (χ3v) is 1.62. The summed E-state index contributed by atoms with van der Waals surface area (Å²) in [5, 5.41) is 10.7. The van der Waals surface area contributed by atoms with E-state index in [-0.39, 0.29) is 5.69 Å². The molecule has 1 amide bonds. The van der Waals surface area contributed by atoms with Crippen LogP contribution in [0.3, 0.4) is 0 Å². The van der Waals surface area contributed by atoms with Gasteiger partial charge < -0.3 is 15.4 Å². The zero-order chi connectivity index (χ0) is 11.4. The molecule has 0 aliphatic carbocycles. The van der Waals surface area contributed by atoms with Crippen molar-refractivity contribution in [3.8, 4) is 0 Å². The number of H-pyrrole nitrogens is 1. The highest BCUT2D eigenvalue weighted by molar-refractivity contribution is 5.94. The predicted molar refractivity (Wildman–Crippen MR) is 49.4 cm³/mol. The molecule has 1 aromatic rings. The highest BCUT2D eigenvalue weighted by atomic mass is 16.4. The van der Waals surface area contributed by atoms with Crippen LogP contribution >= 0.6 is 0 Å². The summed E-state index contributed by atoms with van der Waals surface area (Å²) in [5.41, 5.74) is -0.472. The number of carboxylic acids is 1. The summed E-state index contributed by atoms with van der Waals surface area (Å²) in [5.74, 6) is -1.80. The molecule has 0 saturated heterocycles. The average molecular weight is 211 g/mol. The molecule has 7 heteroatoms. The Kier molecular flexibility index (Phi) is 3.17. The number of carboxylic acid groups (broad SMARTS) is 1. The van der Waals surface area contributed by atoms with Crippen LogP contribution in [0.25, 0.3) is 0 Å². The second-order valence-corrected chi connectivity index (χ2v) is 2.83. The molecule has 0 saturated carbocycles. The van der Waals surface area contributed by atoms with Crippen molar-refractivity contribution < 1.29 is 14.7 Å². The molecule has 1 rings (SSSR count). The van der Waals surface area contributed by atoms with E-state index < -0.39 is 23.5 Å². The molecule has 1 unspecified atom stereocenters. The minimum absolute atomic E-state index is 0.0392. The summed E-state index contributed by atoms with van der Waals surface area (Å²) in [6.07, 6.45) is 2.06. The van der Waals surface area contributed by atoms with E-state index in [4.69, 9.17) is 5.11 Å². The smallest absolute Gasteiger partial charge is 0.325 e. The lowest BCUT2D eigenvalue weighted by Gasteiger charge is -2.07. The Labute approximate surface area is 84.2 Å². The fourth-order valence-electron chi connectivity index (χ4n) is 0.799. The maximum absolute atomic E-state index is 11.3. The summed E-state index contributed by atoms with van der Waals surface area (Å²) >= 11 is 0. The minimum atomic E-state index is -1.15. The van der Waals surface area contributed by atoms with Crippen LogP contribution in [0.4, 0.5) is 0 Å². The molecule has 1 heterocycles. The molecule has 3 N–H and O–H groups in total. The van der Waals surface area contributed by atoms with E-state index in [1.54, 1.807) is 0 Å². The Hall–Kier alpha value is -2.18. The van der Waals surface area contributed by atoms with Crippen LogP contribution in [0.15, 0.2) is 17.2 Å². The predicted octanol–water partition coefficient (Wildman–Crippen LogP) is -1.03. The highest BCUT2D eigenvalue weighted by Gasteiger charge is 2.15. The van der Waals surface area contributed by atoms with E-state index in [2.05, 4.69) is 15.3 Å². The zero-order valence-corrected chi connectivity index (χ0v) is 7.85. The topological polar surface area (TPSA) is 112 Å². The highest BCUT2D eigenvalue weighted by Crippen LogP contribution is 1.90. The first-order chi connectivity index (χ1) is 7.00.